The van der Waals surface area contributed by atoms with Gasteiger partial charge in [-0.2, -0.15) is 13.2 Å². The molecule has 2 aliphatic rings. The van der Waals surface area contributed by atoms with Crippen LogP contribution in [0.25, 0.3) is 16.8 Å². The van der Waals surface area contributed by atoms with Crippen LogP contribution in [-0.2, 0) is 0 Å². The van der Waals surface area contributed by atoms with Gasteiger partial charge in [0.05, 0.1) is 18.3 Å². The molecule has 0 bridgehead atoms. The highest BCUT2D eigenvalue weighted by molar-refractivity contribution is 5.74. The van der Waals surface area contributed by atoms with Gasteiger partial charge in [-0.1, -0.05) is 26.2 Å². The Bertz CT molecular complexity index is 1020. The number of halogens is 3. The van der Waals surface area contributed by atoms with E-state index >= 15 is 0 Å². The second-order valence-electron chi connectivity index (χ2n) is 8.94. The first-order valence-electron chi connectivity index (χ1n) is 10.9. The van der Waals surface area contributed by atoms with E-state index < -0.39 is 12.7 Å². The van der Waals surface area contributed by atoms with Crippen LogP contribution in [0.4, 0.5) is 13.2 Å². The molecule has 0 radical (unpaired) electrons. The fourth-order valence-corrected chi connectivity index (χ4v) is 5.18. The minimum atomic E-state index is -4.17. The molecule has 0 saturated heterocycles. The smallest absolute Gasteiger partial charge is 0.345 e. The van der Waals surface area contributed by atoms with Crippen molar-refractivity contribution in [2.45, 2.75) is 63.6 Å². The number of nitrogens with one attached hydrogen (secondary N) is 1. The molecule has 6 nitrogen and oxygen atoms in total. The van der Waals surface area contributed by atoms with Gasteiger partial charge in [0.1, 0.15) is 5.82 Å². The molecule has 2 aliphatic carbocycles. The SMILES string of the molecule is CCC1CC(N(CCC2CC2)CC(F)(F)F)CC1c1nnc2cnc3[nH]ccc3n12. The predicted octanol–water partition coefficient (Wildman–Crippen LogP) is 4.54. The maximum Gasteiger partial charge on any atom is 0.401 e. The third kappa shape index (κ3) is 3.79. The number of aromatic nitrogens is 5. The summed E-state index contributed by atoms with van der Waals surface area (Å²) in [6.45, 7) is 1.83. The first-order chi connectivity index (χ1) is 14.4. The van der Waals surface area contributed by atoms with Crippen LogP contribution in [0.1, 0.15) is 57.2 Å². The third-order valence-corrected chi connectivity index (χ3v) is 6.91. The highest BCUT2D eigenvalue weighted by Gasteiger charge is 2.42. The number of H-pyrrole nitrogens is 1. The average Bonchev–Trinajstić information content (AvgIpc) is 3.08. The second kappa shape index (κ2) is 7.51. The summed E-state index contributed by atoms with van der Waals surface area (Å²) in [5.74, 6) is 1.85. The molecular formula is C21H27F3N6. The number of alkyl halides is 3. The second-order valence-corrected chi connectivity index (χ2v) is 8.94. The van der Waals surface area contributed by atoms with Crippen molar-refractivity contribution in [1.82, 2.24) is 29.5 Å². The van der Waals surface area contributed by atoms with Gasteiger partial charge >= 0.3 is 6.18 Å². The molecule has 3 unspecified atom stereocenters. The fraction of sp³-hybridized carbons (Fsp3) is 0.667. The molecule has 30 heavy (non-hydrogen) atoms. The van der Waals surface area contributed by atoms with E-state index in [2.05, 4.69) is 27.1 Å². The van der Waals surface area contributed by atoms with Gasteiger partial charge in [-0.25, -0.2) is 4.98 Å². The molecule has 5 rings (SSSR count). The summed E-state index contributed by atoms with van der Waals surface area (Å²) >= 11 is 0. The highest BCUT2D eigenvalue weighted by atomic mass is 19.4. The Morgan fingerprint density at radius 3 is 2.80 bits per heavy atom. The third-order valence-electron chi connectivity index (χ3n) is 6.91. The Morgan fingerprint density at radius 1 is 1.23 bits per heavy atom. The zero-order valence-electron chi connectivity index (χ0n) is 17.1. The van der Waals surface area contributed by atoms with Crippen LogP contribution < -0.4 is 0 Å². The molecule has 0 amide bonds. The predicted molar refractivity (Wildman–Crippen MR) is 107 cm³/mol. The highest BCUT2D eigenvalue weighted by Crippen LogP contribution is 2.44. The zero-order chi connectivity index (χ0) is 20.9. The molecule has 162 valence electrons. The van der Waals surface area contributed by atoms with E-state index in [1.807, 2.05) is 16.7 Å². The van der Waals surface area contributed by atoms with Crippen molar-refractivity contribution in [2.24, 2.45) is 11.8 Å². The Kier molecular flexibility index (Phi) is 4.95. The lowest BCUT2D eigenvalue weighted by Crippen LogP contribution is -2.41. The standard InChI is InChI=1S/C21H27F3N6/c1-2-14-9-15(29(12-21(22,23)24)8-6-13-3-4-13)10-16(14)20-28-27-18-11-26-19-17(30(18)20)5-7-25-19/h5,7,11,13-16,25H,2-4,6,8-10,12H2,1H3. The number of nitrogens with zero attached hydrogens (tertiary/aromatic N) is 5. The van der Waals surface area contributed by atoms with Gasteiger partial charge in [0, 0.05) is 18.2 Å². The van der Waals surface area contributed by atoms with Crippen molar-refractivity contribution < 1.29 is 13.2 Å². The largest absolute Gasteiger partial charge is 0.401 e. The van der Waals surface area contributed by atoms with E-state index in [0.717, 1.165) is 49.1 Å². The van der Waals surface area contributed by atoms with E-state index in [-0.39, 0.29) is 12.0 Å². The Hall–Kier alpha value is -2.16. The molecule has 0 aromatic carbocycles. The maximum atomic E-state index is 13.3. The van der Waals surface area contributed by atoms with Gasteiger partial charge < -0.3 is 4.98 Å². The van der Waals surface area contributed by atoms with Crippen LogP contribution in [0.15, 0.2) is 18.5 Å². The van der Waals surface area contributed by atoms with Crippen LogP contribution in [-0.4, -0.2) is 54.8 Å². The first kappa shape index (κ1) is 19.8. The van der Waals surface area contributed by atoms with Crippen molar-refractivity contribution in [3.63, 3.8) is 0 Å². The number of hydrogen-bond donors (Lipinski definition) is 1. The molecule has 3 atom stereocenters. The first-order valence-corrected chi connectivity index (χ1v) is 10.9. The van der Waals surface area contributed by atoms with Crippen molar-refractivity contribution in [2.75, 3.05) is 13.1 Å². The molecule has 9 heteroatoms. The van der Waals surface area contributed by atoms with Gasteiger partial charge in [0.2, 0.25) is 0 Å². The number of rotatable bonds is 7. The van der Waals surface area contributed by atoms with Crippen LogP contribution in [0.5, 0.6) is 0 Å². The summed E-state index contributed by atoms with van der Waals surface area (Å²) in [6, 6.07) is 1.87. The quantitative estimate of drug-likeness (QED) is 0.610. The summed E-state index contributed by atoms with van der Waals surface area (Å²) in [6.07, 6.45) is 4.93. The molecule has 2 saturated carbocycles. The molecular weight excluding hydrogens is 393 g/mol. The number of fused-ring (bicyclic) bond motifs is 3. The van der Waals surface area contributed by atoms with Crippen molar-refractivity contribution in [3.05, 3.63) is 24.3 Å². The lowest BCUT2D eigenvalue weighted by Gasteiger charge is -2.30. The summed E-state index contributed by atoms with van der Waals surface area (Å²) in [5, 5.41) is 8.78. The summed E-state index contributed by atoms with van der Waals surface area (Å²) in [4.78, 5) is 9.17. The minimum Gasteiger partial charge on any atom is -0.345 e. The van der Waals surface area contributed by atoms with Crippen molar-refractivity contribution in [3.8, 4) is 0 Å². The summed E-state index contributed by atoms with van der Waals surface area (Å²) in [7, 11) is 0. The van der Waals surface area contributed by atoms with E-state index in [4.69, 9.17) is 0 Å². The van der Waals surface area contributed by atoms with E-state index in [9.17, 15) is 13.2 Å². The molecule has 0 spiro atoms. The van der Waals surface area contributed by atoms with E-state index in [1.54, 1.807) is 11.1 Å². The van der Waals surface area contributed by atoms with Gasteiger partial charge in [0.15, 0.2) is 11.3 Å². The molecule has 3 heterocycles. The molecule has 1 N–H and O–H groups in total. The van der Waals surface area contributed by atoms with Crippen LogP contribution in [0, 0.1) is 11.8 Å². The summed E-state index contributed by atoms with van der Waals surface area (Å²) < 4.78 is 42.0. The van der Waals surface area contributed by atoms with Crippen LogP contribution in [0.3, 0.4) is 0 Å². The number of hydrogen-bond acceptors (Lipinski definition) is 4. The van der Waals surface area contributed by atoms with Gasteiger partial charge in [-0.05, 0) is 43.7 Å². The van der Waals surface area contributed by atoms with Gasteiger partial charge in [-0.3, -0.25) is 9.30 Å². The molecule has 2 fully saturated rings. The Balaban J connectivity index is 1.44. The van der Waals surface area contributed by atoms with Gasteiger partial charge in [0.25, 0.3) is 0 Å². The molecule has 3 aromatic heterocycles. The fourth-order valence-electron chi connectivity index (χ4n) is 5.18. The van der Waals surface area contributed by atoms with Crippen molar-refractivity contribution in [1.29, 1.82) is 0 Å². The topological polar surface area (TPSA) is 62.1 Å². The Labute approximate surface area is 172 Å². The Morgan fingerprint density at radius 2 is 2.07 bits per heavy atom. The lowest BCUT2D eigenvalue weighted by molar-refractivity contribution is -0.151. The molecule has 3 aromatic rings. The number of aromatic amines is 1. The molecule has 0 aliphatic heterocycles. The monoisotopic (exact) mass is 420 g/mol. The van der Waals surface area contributed by atoms with Gasteiger partial charge in [-0.15, -0.1) is 10.2 Å². The maximum absolute atomic E-state index is 13.3. The normalized spacial score (nSPS) is 25.2. The van der Waals surface area contributed by atoms with Crippen LogP contribution >= 0.6 is 0 Å². The summed E-state index contributed by atoms with van der Waals surface area (Å²) in [5.41, 5.74) is 2.34. The van der Waals surface area contributed by atoms with E-state index in [0.29, 0.717) is 30.4 Å². The van der Waals surface area contributed by atoms with Crippen molar-refractivity contribution >= 4 is 16.8 Å². The minimum absolute atomic E-state index is 0.0729. The zero-order valence-corrected chi connectivity index (χ0v) is 17.1. The lowest BCUT2D eigenvalue weighted by atomic mass is 9.93. The van der Waals surface area contributed by atoms with E-state index in [1.165, 1.54) is 0 Å². The van der Waals surface area contributed by atoms with Crippen LogP contribution in [0.2, 0.25) is 0 Å². The average molecular weight is 420 g/mol.